The van der Waals surface area contributed by atoms with Crippen LogP contribution in [0.4, 0.5) is 5.69 Å². The minimum atomic E-state index is 0.0520. The highest BCUT2D eigenvalue weighted by Crippen LogP contribution is 2.23. The van der Waals surface area contributed by atoms with E-state index in [0.717, 1.165) is 27.5 Å². The van der Waals surface area contributed by atoms with Crippen LogP contribution in [0, 0.1) is 0 Å². The van der Waals surface area contributed by atoms with E-state index < -0.39 is 0 Å². The van der Waals surface area contributed by atoms with Gasteiger partial charge in [-0.2, -0.15) is 0 Å². The highest BCUT2D eigenvalue weighted by Gasteiger charge is 2.08. The molecule has 0 saturated carbocycles. The molecule has 0 radical (unpaired) electrons. The molecule has 0 bridgehead atoms. The average molecular weight is 364 g/mol. The molecule has 1 aromatic heterocycles. The molecule has 0 spiro atoms. The zero-order chi connectivity index (χ0) is 18.5. The van der Waals surface area contributed by atoms with Crippen molar-refractivity contribution >= 4 is 22.8 Å². The SMILES string of the molecule is C=CCn1c(-c2ccc(OC)cc2)csc1=Nc1ccc(C(C)=O)cc1. The molecule has 0 atom stereocenters. The smallest absolute Gasteiger partial charge is 0.190 e. The molecule has 0 aliphatic heterocycles. The molecular formula is C21H20N2O2S. The van der Waals surface area contributed by atoms with E-state index in [-0.39, 0.29) is 5.78 Å². The summed E-state index contributed by atoms with van der Waals surface area (Å²) in [5, 5.41) is 2.09. The number of carbonyl (C=O) groups excluding carboxylic acids is 1. The Labute approximate surface area is 156 Å². The predicted octanol–water partition coefficient (Wildman–Crippen LogP) is 4.85. The van der Waals surface area contributed by atoms with Crippen molar-refractivity contribution in [2.75, 3.05) is 7.11 Å². The number of Topliss-reactive ketones (excluding diaryl/α,β-unsaturated/α-hetero) is 1. The molecule has 0 amide bonds. The topological polar surface area (TPSA) is 43.6 Å². The summed E-state index contributed by atoms with van der Waals surface area (Å²) in [5.74, 6) is 0.880. The van der Waals surface area contributed by atoms with E-state index in [1.807, 2.05) is 42.5 Å². The molecule has 3 rings (SSSR count). The monoisotopic (exact) mass is 364 g/mol. The summed E-state index contributed by atoms with van der Waals surface area (Å²) in [5.41, 5.74) is 3.68. The predicted molar refractivity (Wildman–Crippen MR) is 106 cm³/mol. The van der Waals surface area contributed by atoms with E-state index in [2.05, 4.69) is 16.5 Å². The van der Waals surface area contributed by atoms with Gasteiger partial charge in [0.05, 0.1) is 18.5 Å². The lowest BCUT2D eigenvalue weighted by Gasteiger charge is -2.07. The third kappa shape index (κ3) is 3.83. The van der Waals surface area contributed by atoms with Crippen LogP contribution < -0.4 is 9.54 Å². The second-order valence-electron chi connectivity index (χ2n) is 5.75. The molecule has 26 heavy (non-hydrogen) atoms. The Bertz CT molecular complexity index is 980. The van der Waals surface area contributed by atoms with E-state index in [1.165, 1.54) is 0 Å². The molecule has 3 aromatic rings. The van der Waals surface area contributed by atoms with Gasteiger partial charge in [0, 0.05) is 17.5 Å². The van der Waals surface area contributed by atoms with Crippen molar-refractivity contribution in [2.45, 2.75) is 13.5 Å². The summed E-state index contributed by atoms with van der Waals surface area (Å²) < 4.78 is 7.35. The summed E-state index contributed by atoms with van der Waals surface area (Å²) in [6, 6.07) is 15.3. The Morgan fingerprint density at radius 1 is 1.19 bits per heavy atom. The van der Waals surface area contributed by atoms with Crippen LogP contribution in [0.2, 0.25) is 0 Å². The van der Waals surface area contributed by atoms with Crippen LogP contribution in [0.25, 0.3) is 11.3 Å². The van der Waals surface area contributed by atoms with Crippen LogP contribution in [-0.4, -0.2) is 17.5 Å². The van der Waals surface area contributed by atoms with Crippen LogP contribution in [0.15, 0.2) is 71.6 Å². The summed E-state index contributed by atoms with van der Waals surface area (Å²) in [6.45, 7) is 6.08. The van der Waals surface area contributed by atoms with Gasteiger partial charge >= 0.3 is 0 Å². The Morgan fingerprint density at radius 3 is 2.46 bits per heavy atom. The molecular weight excluding hydrogens is 344 g/mol. The van der Waals surface area contributed by atoms with Gasteiger partial charge in [-0.15, -0.1) is 17.9 Å². The Kier molecular flexibility index (Phi) is 5.49. The number of carbonyl (C=O) groups is 1. The van der Waals surface area contributed by atoms with Crippen molar-refractivity contribution in [3.05, 3.63) is 76.9 Å². The van der Waals surface area contributed by atoms with Crippen molar-refractivity contribution in [3.63, 3.8) is 0 Å². The van der Waals surface area contributed by atoms with Crippen LogP contribution in [0.1, 0.15) is 17.3 Å². The van der Waals surface area contributed by atoms with Crippen LogP contribution in [-0.2, 0) is 6.54 Å². The Balaban J connectivity index is 2.03. The molecule has 5 heteroatoms. The molecule has 4 nitrogen and oxygen atoms in total. The molecule has 0 unspecified atom stereocenters. The van der Waals surface area contributed by atoms with Gasteiger partial charge in [-0.1, -0.05) is 6.08 Å². The van der Waals surface area contributed by atoms with Gasteiger partial charge in [0.2, 0.25) is 0 Å². The normalized spacial score (nSPS) is 11.4. The number of methoxy groups -OCH3 is 1. The van der Waals surface area contributed by atoms with E-state index in [4.69, 9.17) is 9.73 Å². The fourth-order valence-electron chi connectivity index (χ4n) is 2.60. The summed E-state index contributed by atoms with van der Waals surface area (Å²) in [4.78, 5) is 17.0. The summed E-state index contributed by atoms with van der Waals surface area (Å²) >= 11 is 1.58. The molecule has 0 fully saturated rings. The van der Waals surface area contributed by atoms with Crippen molar-refractivity contribution in [2.24, 2.45) is 4.99 Å². The average Bonchev–Trinajstić information content (AvgIpc) is 3.05. The fraction of sp³-hybridized carbons (Fsp3) is 0.143. The minimum Gasteiger partial charge on any atom is -0.497 e. The largest absolute Gasteiger partial charge is 0.497 e. The maximum absolute atomic E-state index is 11.4. The van der Waals surface area contributed by atoms with Gasteiger partial charge in [0.25, 0.3) is 0 Å². The first-order valence-corrected chi connectivity index (χ1v) is 9.09. The number of thiazole rings is 1. The van der Waals surface area contributed by atoms with Gasteiger partial charge < -0.3 is 9.30 Å². The van der Waals surface area contributed by atoms with E-state index >= 15 is 0 Å². The quantitative estimate of drug-likeness (QED) is 0.464. The zero-order valence-electron chi connectivity index (χ0n) is 14.8. The number of ketones is 1. The first kappa shape index (κ1) is 17.9. The van der Waals surface area contributed by atoms with Crippen molar-refractivity contribution in [1.29, 1.82) is 0 Å². The number of ether oxygens (including phenoxy) is 1. The van der Waals surface area contributed by atoms with Gasteiger partial charge in [0.15, 0.2) is 10.6 Å². The van der Waals surface area contributed by atoms with Gasteiger partial charge in [-0.05, 0) is 61.0 Å². The highest BCUT2D eigenvalue weighted by molar-refractivity contribution is 7.07. The molecule has 2 aromatic carbocycles. The lowest BCUT2D eigenvalue weighted by Crippen LogP contribution is -2.14. The molecule has 1 heterocycles. The lowest BCUT2D eigenvalue weighted by atomic mass is 10.1. The van der Waals surface area contributed by atoms with Crippen molar-refractivity contribution < 1.29 is 9.53 Å². The first-order chi connectivity index (χ1) is 12.6. The van der Waals surface area contributed by atoms with E-state index in [9.17, 15) is 4.79 Å². The third-order valence-electron chi connectivity index (χ3n) is 3.99. The number of benzene rings is 2. The number of rotatable bonds is 6. The number of hydrogen-bond acceptors (Lipinski definition) is 4. The highest BCUT2D eigenvalue weighted by atomic mass is 32.1. The Hall–Kier alpha value is -2.92. The molecule has 132 valence electrons. The number of aromatic nitrogens is 1. The van der Waals surface area contributed by atoms with Crippen LogP contribution in [0.3, 0.4) is 0 Å². The zero-order valence-corrected chi connectivity index (χ0v) is 15.6. The lowest BCUT2D eigenvalue weighted by molar-refractivity contribution is 0.101. The van der Waals surface area contributed by atoms with Gasteiger partial charge in [-0.3, -0.25) is 4.79 Å². The fourth-order valence-corrected chi connectivity index (χ4v) is 3.54. The molecule has 0 aliphatic carbocycles. The van der Waals surface area contributed by atoms with Crippen molar-refractivity contribution in [3.8, 4) is 17.0 Å². The second-order valence-corrected chi connectivity index (χ2v) is 6.58. The van der Waals surface area contributed by atoms with Crippen LogP contribution in [0.5, 0.6) is 5.75 Å². The van der Waals surface area contributed by atoms with E-state index in [0.29, 0.717) is 12.1 Å². The standard InChI is InChI=1S/C21H20N2O2S/c1-4-13-23-20(17-7-11-19(25-3)12-8-17)14-26-21(23)22-18-9-5-16(6-10-18)15(2)24/h4-12,14H,1,13H2,2-3H3. The van der Waals surface area contributed by atoms with Gasteiger partial charge in [-0.25, -0.2) is 4.99 Å². The molecule has 0 saturated heterocycles. The maximum atomic E-state index is 11.4. The minimum absolute atomic E-state index is 0.0520. The van der Waals surface area contributed by atoms with Crippen molar-refractivity contribution in [1.82, 2.24) is 4.57 Å². The molecule has 0 aliphatic rings. The van der Waals surface area contributed by atoms with Gasteiger partial charge in [0.1, 0.15) is 5.75 Å². The third-order valence-corrected chi connectivity index (χ3v) is 4.86. The number of allylic oxidation sites excluding steroid dienone is 1. The van der Waals surface area contributed by atoms with Crippen LogP contribution >= 0.6 is 11.3 Å². The number of nitrogens with zero attached hydrogens (tertiary/aromatic N) is 2. The second kappa shape index (κ2) is 7.97. The molecule has 0 N–H and O–H groups in total. The summed E-state index contributed by atoms with van der Waals surface area (Å²) in [7, 11) is 1.66. The first-order valence-electron chi connectivity index (χ1n) is 8.21. The summed E-state index contributed by atoms with van der Waals surface area (Å²) in [6.07, 6.45) is 1.86. The number of hydrogen-bond donors (Lipinski definition) is 0. The Morgan fingerprint density at radius 2 is 1.88 bits per heavy atom. The maximum Gasteiger partial charge on any atom is 0.190 e. The van der Waals surface area contributed by atoms with E-state index in [1.54, 1.807) is 37.5 Å².